The third-order valence-corrected chi connectivity index (χ3v) is 3.84. The zero-order valence-electron chi connectivity index (χ0n) is 12.4. The van der Waals surface area contributed by atoms with Crippen LogP contribution in [0.25, 0.3) is 0 Å². The fraction of sp³-hybridized carbons (Fsp3) is 0.588. The summed E-state index contributed by atoms with van der Waals surface area (Å²) in [5, 5.41) is 0. The van der Waals surface area contributed by atoms with Crippen LogP contribution in [0.1, 0.15) is 50.2 Å². The molecule has 1 aromatic carbocycles. The summed E-state index contributed by atoms with van der Waals surface area (Å²) in [7, 11) is 0. The molecular weight excluding hydrogens is 252 g/mol. The normalized spacial score (nSPS) is 18.1. The summed E-state index contributed by atoms with van der Waals surface area (Å²) in [4.78, 5) is 12.4. The maximum atomic E-state index is 12.4. The Balaban J connectivity index is 2.04. The number of ether oxygens (including phenoxy) is 2. The Hall–Kier alpha value is -1.19. The maximum Gasteiger partial charge on any atom is 0.217 e. The van der Waals surface area contributed by atoms with Gasteiger partial charge >= 0.3 is 0 Å². The van der Waals surface area contributed by atoms with Crippen molar-refractivity contribution < 1.29 is 14.3 Å². The molecular formula is C17H24O3. The third kappa shape index (κ3) is 3.68. The summed E-state index contributed by atoms with van der Waals surface area (Å²) >= 11 is 0. The van der Waals surface area contributed by atoms with Gasteiger partial charge in [0.25, 0.3) is 0 Å². The maximum absolute atomic E-state index is 12.4. The van der Waals surface area contributed by atoms with Crippen LogP contribution in [0.2, 0.25) is 0 Å². The van der Waals surface area contributed by atoms with Gasteiger partial charge in [-0.1, -0.05) is 24.3 Å². The number of ketones is 1. The van der Waals surface area contributed by atoms with Crippen molar-refractivity contribution in [3.05, 3.63) is 35.4 Å². The smallest absolute Gasteiger partial charge is 0.217 e. The van der Waals surface area contributed by atoms with Crippen LogP contribution in [-0.4, -0.2) is 25.3 Å². The standard InChI is InChI=1S/C17H24O3/c1-3-19-17(20-4-2)16(18)12-14-10-7-9-13-8-5-6-11-15(13)14/h5-6,8,11,14,17H,3-4,7,9-10,12H2,1-2H3. The van der Waals surface area contributed by atoms with E-state index >= 15 is 0 Å². The van der Waals surface area contributed by atoms with Gasteiger partial charge in [0.15, 0.2) is 5.78 Å². The third-order valence-electron chi connectivity index (χ3n) is 3.84. The predicted molar refractivity (Wildman–Crippen MR) is 78.8 cm³/mol. The molecule has 0 radical (unpaired) electrons. The van der Waals surface area contributed by atoms with Crippen LogP contribution in [0.5, 0.6) is 0 Å². The van der Waals surface area contributed by atoms with E-state index in [0.717, 1.165) is 19.3 Å². The van der Waals surface area contributed by atoms with Crippen molar-refractivity contribution in [3.8, 4) is 0 Å². The van der Waals surface area contributed by atoms with E-state index in [1.807, 2.05) is 13.8 Å². The van der Waals surface area contributed by atoms with Crippen molar-refractivity contribution >= 4 is 5.78 Å². The second-order valence-corrected chi connectivity index (χ2v) is 5.20. The number of hydrogen-bond donors (Lipinski definition) is 0. The minimum atomic E-state index is -0.695. The molecule has 2 rings (SSSR count). The van der Waals surface area contributed by atoms with Crippen molar-refractivity contribution in [1.82, 2.24) is 0 Å². The van der Waals surface area contributed by atoms with Gasteiger partial charge in [-0.15, -0.1) is 0 Å². The van der Waals surface area contributed by atoms with E-state index in [4.69, 9.17) is 9.47 Å². The molecule has 0 saturated carbocycles. The van der Waals surface area contributed by atoms with E-state index in [2.05, 4.69) is 24.3 Å². The first-order valence-electron chi connectivity index (χ1n) is 7.60. The van der Waals surface area contributed by atoms with Crippen LogP contribution >= 0.6 is 0 Å². The largest absolute Gasteiger partial charge is 0.346 e. The Morgan fingerprint density at radius 2 is 1.95 bits per heavy atom. The molecule has 0 spiro atoms. The van der Waals surface area contributed by atoms with E-state index in [9.17, 15) is 4.79 Å². The zero-order valence-corrected chi connectivity index (χ0v) is 12.4. The topological polar surface area (TPSA) is 35.5 Å². The van der Waals surface area contributed by atoms with Crippen LogP contribution in [0.15, 0.2) is 24.3 Å². The minimum absolute atomic E-state index is 0.0652. The van der Waals surface area contributed by atoms with E-state index < -0.39 is 6.29 Å². The lowest BCUT2D eigenvalue weighted by molar-refractivity contribution is -0.168. The molecule has 0 saturated heterocycles. The van der Waals surface area contributed by atoms with Gasteiger partial charge in [-0.3, -0.25) is 4.79 Å². The molecule has 0 heterocycles. The molecule has 1 aliphatic rings. The lowest BCUT2D eigenvalue weighted by atomic mass is 9.80. The van der Waals surface area contributed by atoms with Crippen LogP contribution < -0.4 is 0 Å². The van der Waals surface area contributed by atoms with Gasteiger partial charge in [-0.2, -0.15) is 0 Å². The molecule has 0 aromatic heterocycles. The van der Waals surface area contributed by atoms with Crippen molar-refractivity contribution in [2.24, 2.45) is 0 Å². The number of carbonyl (C=O) groups is 1. The molecule has 0 N–H and O–H groups in total. The highest BCUT2D eigenvalue weighted by Crippen LogP contribution is 2.34. The first kappa shape index (κ1) is 15.2. The number of hydrogen-bond acceptors (Lipinski definition) is 3. The average Bonchev–Trinajstić information content (AvgIpc) is 2.47. The van der Waals surface area contributed by atoms with Crippen LogP contribution in [0.4, 0.5) is 0 Å². The van der Waals surface area contributed by atoms with Gasteiger partial charge in [0.05, 0.1) is 0 Å². The first-order valence-corrected chi connectivity index (χ1v) is 7.60. The summed E-state index contributed by atoms with van der Waals surface area (Å²) < 4.78 is 10.8. The summed E-state index contributed by atoms with van der Waals surface area (Å²) in [6.45, 7) is 4.76. The number of benzene rings is 1. The van der Waals surface area contributed by atoms with Gasteiger partial charge in [-0.25, -0.2) is 0 Å². The molecule has 3 nitrogen and oxygen atoms in total. The minimum Gasteiger partial charge on any atom is -0.346 e. The Bertz CT molecular complexity index is 436. The molecule has 0 amide bonds. The highest BCUT2D eigenvalue weighted by molar-refractivity contribution is 5.82. The number of aryl methyl sites for hydroxylation is 1. The molecule has 1 atom stereocenters. The summed E-state index contributed by atoms with van der Waals surface area (Å²) in [5.41, 5.74) is 2.72. The quantitative estimate of drug-likeness (QED) is 0.715. The molecule has 1 aliphatic carbocycles. The number of carbonyl (C=O) groups excluding carboxylic acids is 1. The van der Waals surface area contributed by atoms with Gasteiger partial charge in [-0.05, 0) is 50.2 Å². The molecule has 1 aromatic rings. The van der Waals surface area contributed by atoms with Crippen molar-refractivity contribution in [3.63, 3.8) is 0 Å². The highest BCUT2D eigenvalue weighted by Gasteiger charge is 2.26. The number of rotatable bonds is 7. The summed E-state index contributed by atoms with van der Waals surface area (Å²) in [5.74, 6) is 0.381. The van der Waals surface area contributed by atoms with Gasteiger partial charge in [0, 0.05) is 19.6 Å². The molecule has 0 bridgehead atoms. The SMILES string of the molecule is CCOC(OCC)C(=O)CC1CCCc2ccccc21. The Morgan fingerprint density at radius 1 is 1.25 bits per heavy atom. The van der Waals surface area contributed by atoms with E-state index in [0.29, 0.717) is 25.6 Å². The first-order chi connectivity index (χ1) is 9.76. The Kier molecular flexibility index (Phi) is 5.74. The average molecular weight is 276 g/mol. The fourth-order valence-electron chi connectivity index (χ4n) is 2.94. The van der Waals surface area contributed by atoms with E-state index in [1.165, 1.54) is 11.1 Å². The van der Waals surface area contributed by atoms with Crippen molar-refractivity contribution in [2.75, 3.05) is 13.2 Å². The van der Waals surface area contributed by atoms with Crippen molar-refractivity contribution in [1.29, 1.82) is 0 Å². The fourth-order valence-corrected chi connectivity index (χ4v) is 2.94. The molecule has 0 fully saturated rings. The van der Waals surface area contributed by atoms with Gasteiger partial charge in [0.2, 0.25) is 6.29 Å². The summed E-state index contributed by atoms with van der Waals surface area (Å²) in [6.07, 6.45) is 3.18. The molecule has 0 aliphatic heterocycles. The van der Waals surface area contributed by atoms with Crippen LogP contribution in [0, 0.1) is 0 Å². The number of Topliss-reactive ketones (excluding diaryl/α,β-unsaturated/α-hetero) is 1. The zero-order chi connectivity index (χ0) is 14.4. The molecule has 110 valence electrons. The highest BCUT2D eigenvalue weighted by atomic mass is 16.7. The van der Waals surface area contributed by atoms with Crippen LogP contribution in [-0.2, 0) is 20.7 Å². The van der Waals surface area contributed by atoms with Crippen LogP contribution in [0.3, 0.4) is 0 Å². The Morgan fingerprint density at radius 3 is 2.65 bits per heavy atom. The molecule has 3 heteroatoms. The van der Waals surface area contributed by atoms with Gasteiger partial charge in [0.1, 0.15) is 0 Å². The van der Waals surface area contributed by atoms with E-state index in [1.54, 1.807) is 0 Å². The second kappa shape index (κ2) is 7.55. The van der Waals surface area contributed by atoms with Gasteiger partial charge < -0.3 is 9.47 Å². The Labute approximate surface area is 121 Å². The monoisotopic (exact) mass is 276 g/mol. The summed E-state index contributed by atoms with van der Waals surface area (Å²) in [6, 6.07) is 8.47. The van der Waals surface area contributed by atoms with E-state index in [-0.39, 0.29) is 5.78 Å². The van der Waals surface area contributed by atoms with Crippen molar-refractivity contribution in [2.45, 2.75) is 51.7 Å². The lowest BCUT2D eigenvalue weighted by Gasteiger charge is -2.26. The second-order valence-electron chi connectivity index (χ2n) is 5.20. The molecule has 1 unspecified atom stereocenters. The lowest BCUT2D eigenvalue weighted by Crippen LogP contribution is -2.29. The molecule has 20 heavy (non-hydrogen) atoms. The predicted octanol–water partition coefficient (Wildman–Crippen LogP) is 3.46. The number of fused-ring (bicyclic) bond motifs is 1.